The molecule has 3 N–H and O–H groups in total. The molecular weight excluding hydrogens is 304 g/mol. The van der Waals surface area contributed by atoms with Gasteiger partial charge in [0.2, 0.25) is 5.75 Å². The molecule has 0 aliphatic heterocycles. The van der Waals surface area contributed by atoms with Crippen LogP contribution in [0, 0.1) is 0 Å². The quantitative estimate of drug-likeness (QED) is 0.499. The minimum atomic E-state index is -0.819. The third-order valence-corrected chi connectivity index (χ3v) is 3.69. The average molecular weight is 318 g/mol. The van der Waals surface area contributed by atoms with Gasteiger partial charge in [0, 0.05) is 16.8 Å². The zero-order valence-corrected chi connectivity index (χ0v) is 12.4. The van der Waals surface area contributed by atoms with Crippen LogP contribution in [0.1, 0.15) is 5.56 Å². The first-order valence-corrected chi connectivity index (χ1v) is 6.69. The van der Waals surface area contributed by atoms with Gasteiger partial charge in [0.1, 0.15) is 16.9 Å². The molecular formula is C16H14O7. The van der Waals surface area contributed by atoms with Crippen molar-refractivity contribution in [1.29, 1.82) is 0 Å². The fraction of sp³-hybridized carbons (Fsp3) is 0.188. The van der Waals surface area contributed by atoms with E-state index in [2.05, 4.69) is 0 Å². The summed E-state index contributed by atoms with van der Waals surface area (Å²) in [5.74, 6) is -0.285. The lowest BCUT2D eigenvalue weighted by Gasteiger charge is -2.13. The Hall–Kier alpha value is -2.93. The van der Waals surface area contributed by atoms with Gasteiger partial charge in [-0.2, -0.15) is 0 Å². The van der Waals surface area contributed by atoms with Gasteiger partial charge in [-0.15, -0.1) is 0 Å². The highest BCUT2D eigenvalue weighted by Gasteiger charge is 2.20. The second kappa shape index (κ2) is 5.36. The summed E-state index contributed by atoms with van der Waals surface area (Å²) in [6.07, 6.45) is 0. The molecule has 7 nitrogen and oxygen atoms in total. The van der Waals surface area contributed by atoms with Gasteiger partial charge >= 0.3 is 5.63 Å². The number of methoxy groups -OCH3 is 2. The zero-order chi connectivity index (χ0) is 16.7. The van der Waals surface area contributed by atoms with Crippen LogP contribution in [0.4, 0.5) is 0 Å². The molecule has 120 valence electrons. The summed E-state index contributed by atoms with van der Waals surface area (Å²) >= 11 is 0. The van der Waals surface area contributed by atoms with Crippen LogP contribution in [0.5, 0.6) is 23.0 Å². The van der Waals surface area contributed by atoms with Crippen molar-refractivity contribution in [2.45, 2.75) is 6.61 Å². The largest absolute Gasteiger partial charge is 0.507 e. The number of fused-ring (bicyclic) bond motifs is 3. The Bertz CT molecular complexity index is 972. The summed E-state index contributed by atoms with van der Waals surface area (Å²) in [6.45, 7) is -0.381. The van der Waals surface area contributed by atoms with Gasteiger partial charge in [0.25, 0.3) is 0 Å². The van der Waals surface area contributed by atoms with Gasteiger partial charge in [-0.25, -0.2) is 4.79 Å². The fourth-order valence-electron chi connectivity index (χ4n) is 2.62. The number of rotatable bonds is 3. The summed E-state index contributed by atoms with van der Waals surface area (Å²) in [5.41, 5.74) is -0.574. The van der Waals surface area contributed by atoms with Gasteiger partial charge in [-0.05, 0) is 17.7 Å². The molecule has 2 aromatic carbocycles. The summed E-state index contributed by atoms with van der Waals surface area (Å²) in [7, 11) is 2.76. The van der Waals surface area contributed by atoms with Gasteiger partial charge in [-0.3, -0.25) is 0 Å². The number of benzene rings is 2. The molecule has 23 heavy (non-hydrogen) atoms. The lowest BCUT2D eigenvalue weighted by atomic mass is 10.0. The number of aromatic hydroxyl groups is 2. The standard InChI is InChI=1S/C16H14O7/c1-21-8-4-9-12-7(6-17)3-11(22-2)14(19)15(12)23-16(20)13(9)10(18)5-8/h3-5,17-19H,6H2,1-2H3. The summed E-state index contributed by atoms with van der Waals surface area (Å²) in [5, 5.41) is 30.4. The van der Waals surface area contributed by atoms with Crippen LogP contribution in [-0.4, -0.2) is 29.5 Å². The van der Waals surface area contributed by atoms with Crippen molar-refractivity contribution in [2.75, 3.05) is 14.2 Å². The SMILES string of the molecule is COc1cc(O)c2c(=O)oc3c(O)c(OC)cc(CO)c3c2c1. The molecule has 0 bridgehead atoms. The van der Waals surface area contributed by atoms with Crippen LogP contribution in [0.15, 0.2) is 27.4 Å². The Morgan fingerprint density at radius 2 is 1.83 bits per heavy atom. The molecule has 0 aliphatic rings. The van der Waals surface area contributed by atoms with Crippen molar-refractivity contribution in [1.82, 2.24) is 0 Å². The van der Waals surface area contributed by atoms with Crippen LogP contribution in [0.2, 0.25) is 0 Å². The van der Waals surface area contributed by atoms with Gasteiger partial charge in [-0.1, -0.05) is 0 Å². The predicted molar refractivity (Wildman–Crippen MR) is 82.3 cm³/mol. The molecule has 0 saturated carbocycles. The fourth-order valence-corrected chi connectivity index (χ4v) is 2.62. The van der Waals surface area contributed by atoms with Crippen LogP contribution in [0.25, 0.3) is 21.7 Å². The van der Waals surface area contributed by atoms with E-state index in [1.165, 1.54) is 32.4 Å². The first-order chi connectivity index (χ1) is 11.0. The van der Waals surface area contributed by atoms with Gasteiger partial charge < -0.3 is 29.2 Å². The van der Waals surface area contributed by atoms with E-state index < -0.39 is 5.63 Å². The number of phenols is 2. The molecule has 0 radical (unpaired) electrons. The molecule has 0 saturated heterocycles. The molecule has 0 fully saturated rings. The second-order valence-corrected chi connectivity index (χ2v) is 4.91. The molecule has 7 heteroatoms. The smallest absolute Gasteiger partial charge is 0.348 e. The number of phenolic OH excluding ortho intramolecular Hbond substituents is 2. The Labute approximate surface area is 129 Å². The number of hydrogen-bond acceptors (Lipinski definition) is 7. The molecule has 3 aromatic rings. The van der Waals surface area contributed by atoms with E-state index in [1.54, 1.807) is 0 Å². The van der Waals surface area contributed by atoms with E-state index in [-0.39, 0.29) is 34.8 Å². The van der Waals surface area contributed by atoms with Gasteiger partial charge in [0.15, 0.2) is 11.3 Å². The Balaban J connectivity index is 2.64. The van der Waals surface area contributed by atoms with Crippen molar-refractivity contribution in [3.8, 4) is 23.0 Å². The number of aliphatic hydroxyl groups excluding tert-OH is 1. The maximum Gasteiger partial charge on any atom is 0.348 e. The topological polar surface area (TPSA) is 109 Å². The molecule has 0 atom stereocenters. The van der Waals surface area contributed by atoms with Crippen molar-refractivity contribution in [3.63, 3.8) is 0 Å². The Morgan fingerprint density at radius 3 is 2.43 bits per heavy atom. The van der Waals surface area contributed by atoms with Crippen molar-refractivity contribution < 1.29 is 29.2 Å². The molecule has 0 spiro atoms. The third kappa shape index (κ3) is 2.13. The van der Waals surface area contributed by atoms with Crippen molar-refractivity contribution >= 4 is 21.7 Å². The Morgan fingerprint density at radius 1 is 1.09 bits per heavy atom. The molecule has 1 aromatic heterocycles. The second-order valence-electron chi connectivity index (χ2n) is 4.91. The third-order valence-electron chi connectivity index (χ3n) is 3.69. The lowest BCUT2D eigenvalue weighted by molar-refractivity contribution is 0.282. The summed E-state index contributed by atoms with van der Waals surface area (Å²) in [6, 6.07) is 4.25. The van der Waals surface area contributed by atoms with E-state index in [0.29, 0.717) is 22.1 Å². The molecule has 1 heterocycles. The maximum atomic E-state index is 12.2. The van der Waals surface area contributed by atoms with Crippen LogP contribution >= 0.6 is 0 Å². The molecule has 0 amide bonds. The number of hydrogen-bond donors (Lipinski definition) is 3. The van der Waals surface area contributed by atoms with Crippen molar-refractivity contribution in [3.05, 3.63) is 34.2 Å². The summed E-state index contributed by atoms with van der Waals surface area (Å²) in [4.78, 5) is 12.2. The molecule has 0 aliphatic carbocycles. The highest BCUT2D eigenvalue weighted by molar-refractivity contribution is 6.10. The molecule has 0 unspecified atom stereocenters. The minimum absolute atomic E-state index is 0.0578. The van der Waals surface area contributed by atoms with Crippen molar-refractivity contribution in [2.24, 2.45) is 0 Å². The van der Waals surface area contributed by atoms with Crippen LogP contribution in [-0.2, 0) is 6.61 Å². The predicted octanol–water partition coefficient (Wildman–Crippen LogP) is 1.87. The monoisotopic (exact) mass is 318 g/mol. The van der Waals surface area contributed by atoms with E-state index in [9.17, 15) is 20.1 Å². The Kier molecular flexibility index (Phi) is 3.49. The normalized spacial score (nSPS) is 11.1. The van der Waals surface area contributed by atoms with E-state index in [0.717, 1.165) is 0 Å². The van der Waals surface area contributed by atoms with E-state index in [4.69, 9.17) is 13.9 Å². The summed E-state index contributed by atoms with van der Waals surface area (Å²) < 4.78 is 15.3. The van der Waals surface area contributed by atoms with Gasteiger partial charge in [0.05, 0.1) is 20.8 Å². The number of ether oxygens (including phenoxy) is 2. The first-order valence-electron chi connectivity index (χ1n) is 6.69. The van der Waals surface area contributed by atoms with E-state index in [1.807, 2.05) is 0 Å². The first kappa shape index (κ1) is 15.0. The van der Waals surface area contributed by atoms with Crippen LogP contribution < -0.4 is 15.1 Å². The average Bonchev–Trinajstić information content (AvgIpc) is 2.55. The highest BCUT2D eigenvalue weighted by Crippen LogP contribution is 2.41. The maximum absolute atomic E-state index is 12.2. The highest BCUT2D eigenvalue weighted by atomic mass is 16.5. The van der Waals surface area contributed by atoms with E-state index >= 15 is 0 Å². The number of aliphatic hydroxyl groups is 1. The minimum Gasteiger partial charge on any atom is -0.507 e. The zero-order valence-electron chi connectivity index (χ0n) is 12.4. The molecule has 3 rings (SSSR count). The lowest BCUT2D eigenvalue weighted by Crippen LogP contribution is -2.03. The van der Waals surface area contributed by atoms with Crippen LogP contribution in [0.3, 0.4) is 0 Å².